The fourth-order valence-electron chi connectivity index (χ4n) is 6.00. The van der Waals surface area contributed by atoms with Crippen LogP contribution in [0.4, 0.5) is 0 Å². The summed E-state index contributed by atoms with van der Waals surface area (Å²) in [4.78, 5) is 23.7. The lowest BCUT2D eigenvalue weighted by atomic mass is 9.94. The van der Waals surface area contributed by atoms with E-state index in [0.717, 1.165) is 78.5 Å². The Morgan fingerprint density at radius 2 is 0.857 bits per heavy atom. The smallest absolute Gasteiger partial charge is 0.160 e. The highest BCUT2D eigenvalue weighted by Gasteiger charge is 2.14. The van der Waals surface area contributed by atoms with Crippen molar-refractivity contribution in [1.82, 2.24) is 24.9 Å². The molecule has 0 N–H and O–H groups in total. The molecule has 0 saturated carbocycles. The van der Waals surface area contributed by atoms with Gasteiger partial charge in [-0.05, 0) is 65.6 Å². The number of benzene rings is 5. The first kappa shape index (κ1) is 29.8. The quantitative estimate of drug-likeness (QED) is 0.175. The number of rotatable bonds is 7. The molecule has 8 rings (SSSR count). The van der Waals surface area contributed by atoms with Gasteiger partial charge in [-0.1, -0.05) is 115 Å². The normalized spacial score (nSPS) is 11.0. The summed E-state index contributed by atoms with van der Waals surface area (Å²) < 4.78 is 0. The Hall–Kier alpha value is -6.59. The summed E-state index contributed by atoms with van der Waals surface area (Å²) in [6, 6.07) is 52.4. The fraction of sp³-hybridized carbons (Fsp3) is 0.0227. The third-order valence-corrected chi connectivity index (χ3v) is 8.54. The van der Waals surface area contributed by atoms with Crippen LogP contribution in [0.5, 0.6) is 0 Å². The van der Waals surface area contributed by atoms with Gasteiger partial charge in [0.15, 0.2) is 5.82 Å². The van der Waals surface area contributed by atoms with Gasteiger partial charge in [0.25, 0.3) is 0 Å². The third kappa shape index (κ3) is 6.51. The second-order valence-electron chi connectivity index (χ2n) is 11.9. The molecular weight excluding hydrogens is 599 g/mol. The molecule has 49 heavy (non-hydrogen) atoms. The van der Waals surface area contributed by atoms with E-state index < -0.39 is 0 Å². The molecular formula is C44H31N5. The molecule has 0 saturated heterocycles. The summed E-state index contributed by atoms with van der Waals surface area (Å²) in [6.07, 6.45) is 5.19. The van der Waals surface area contributed by atoms with Crippen molar-refractivity contribution in [3.63, 3.8) is 0 Å². The summed E-state index contributed by atoms with van der Waals surface area (Å²) in [7, 11) is 0. The Bertz CT molecular complexity index is 2300. The lowest BCUT2D eigenvalue weighted by molar-refractivity contribution is 1.18. The lowest BCUT2D eigenvalue weighted by Crippen LogP contribution is -1.97. The maximum atomic E-state index is 5.15. The van der Waals surface area contributed by atoms with Crippen LogP contribution in [0.15, 0.2) is 170 Å². The van der Waals surface area contributed by atoms with E-state index in [2.05, 4.69) is 107 Å². The van der Waals surface area contributed by atoms with Gasteiger partial charge in [0.2, 0.25) is 0 Å². The van der Waals surface area contributed by atoms with Crippen molar-refractivity contribution < 1.29 is 0 Å². The van der Waals surface area contributed by atoms with Crippen LogP contribution >= 0.6 is 0 Å². The van der Waals surface area contributed by atoms with E-state index in [4.69, 9.17) is 15.0 Å². The van der Waals surface area contributed by atoms with Crippen molar-refractivity contribution in [1.29, 1.82) is 0 Å². The first-order valence-corrected chi connectivity index (χ1v) is 16.2. The third-order valence-electron chi connectivity index (χ3n) is 8.54. The standard InChI is InChI=1S/C44H31N5/c1-30-9-8-14-40(47-30)35-19-15-31(16-20-35)37-25-38(32-17-21-36(22-18-32)43-29-45-23-24-46-43)27-39(26-37)44-48-41(33-10-4-2-5-11-33)28-42(49-44)34-12-6-3-7-13-34/h2-29H,1H3. The number of nitrogens with zero attached hydrogens (tertiary/aromatic N) is 5. The second-order valence-corrected chi connectivity index (χ2v) is 11.9. The number of aryl methyl sites for hydroxylation is 1. The van der Waals surface area contributed by atoms with Crippen LogP contribution in [-0.2, 0) is 0 Å². The molecule has 0 atom stereocenters. The average Bonchev–Trinajstić information content (AvgIpc) is 3.19. The summed E-state index contributed by atoms with van der Waals surface area (Å²) in [5.74, 6) is 0.667. The van der Waals surface area contributed by atoms with Gasteiger partial charge in [0.05, 0.1) is 29.0 Å². The Labute approximate surface area is 285 Å². The molecule has 232 valence electrons. The molecule has 5 aromatic carbocycles. The van der Waals surface area contributed by atoms with Crippen LogP contribution in [0, 0.1) is 6.92 Å². The molecule has 0 bridgehead atoms. The first-order chi connectivity index (χ1) is 24.2. The van der Waals surface area contributed by atoms with Crippen LogP contribution in [0.3, 0.4) is 0 Å². The van der Waals surface area contributed by atoms with Crippen molar-refractivity contribution in [3.05, 3.63) is 176 Å². The van der Waals surface area contributed by atoms with E-state index in [1.54, 1.807) is 18.6 Å². The molecule has 0 unspecified atom stereocenters. The zero-order valence-corrected chi connectivity index (χ0v) is 26.9. The molecule has 3 aromatic heterocycles. The molecule has 0 aliphatic rings. The Morgan fingerprint density at radius 3 is 1.39 bits per heavy atom. The molecule has 0 aliphatic carbocycles. The minimum absolute atomic E-state index is 0.667. The SMILES string of the molecule is Cc1cccc(-c2ccc(-c3cc(-c4ccc(-c5cnccn5)cc4)cc(-c4nc(-c5ccccc5)cc(-c5ccccc5)n4)c3)cc2)n1. The summed E-state index contributed by atoms with van der Waals surface area (Å²) >= 11 is 0. The highest BCUT2D eigenvalue weighted by atomic mass is 14.9. The van der Waals surface area contributed by atoms with Gasteiger partial charge in [0, 0.05) is 45.9 Å². The van der Waals surface area contributed by atoms with Crippen LogP contribution in [0.25, 0.3) is 78.7 Å². The molecule has 0 fully saturated rings. The summed E-state index contributed by atoms with van der Waals surface area (Å²) in [5.41, 5.74) is 14.0. The van der Waals surface area contributed by atoms with Crippen LogP contribution in [-0.4, -0.2) is 24.9 Å². The fourth-order valence-corrected chi connectivity index (χ4v) is 6.00. The molecule has 0 aliphatic heterocycles. The molecule has 5 heteroatoms. The van der Waals surface area contributed by atoms with Gasteiger partial charge in [-0.2, -0.15) is 0 Å². The zero-order valence-electron chi connectivity index (χ0n) is 26.9. The Morgan fingerprint density at radius 1 is 0.347 bits per heavy atom. The molecule has 0 amide bonds. The van der Waals surface area contributed by atoms with Gasteiger partial charge in [-0.25, -0.2) is 9.97 Å². The van der Waals surface area contributed by atoms with Crippen molar-refractivity contribution in [2.75, 3.05) is 0 Å². The number of pyridine rings is 1. The van der Waals surface area contributed by atoms with Crippen LogP contribution in [0.1, 0.15) is 5.69 Å². The largest absolute Gasteiger partial charge is 0.261 e. The van der Waals surface area contributed by atoms with Gasteiger partial charge in [-0.3, -0.25) is 15.0 Å². The minimum atomic E-state index is 0.667. The molecule has 3 heterocycles. The van der Waals surface area contributed by atoms with E-state index in [-0.39, 0.29) is 0 Å². The van der Waals surface area contributed by atoms with E-state index in [1.807, 2.05) is 61.5 Å². The molecule has 0 radical (unpaired) electrons. The predicted octanol–water partition coefficient (Wildman–Crippen LogP) is 10.6. The zero-order chi connectivity index (χ0) is 33.0. The average molecular weight is 630 g/mol. The summed E-state index contributed by atoms with van der Waals surface area (Å²) in [6.45, 7) is 2.02. The topological polar surface area (TPSA) is 64.5 Å². The van der Waals surface area contributed by atoms with E-state index in [9.17, 15) is 0 Å². The number of hydrogen-bond acceptors (Lipinski definition) is 5. The van der Waals surface area contributed by atoms with Gasteiger partial charge in [-0.15, -0.1) is 0 Å². The van der Waals surface area contributed by atoms with Gasteiger partial charge < -0.3 is 0 Å². The Kier molecular flexibility index (Phi) is 8.06. The minimum Gasteiger partial charge on any atom is -0.261 e. The van der Waals surface area contributed by atoms with Gasteiger partial charge >= 0.3 is 0 Å². The second kappa shape index (κ2) is 13.3. The molecule has 5 nitrogen and oxygen atoms in total. The lowest BCUT2D eigenvalue weighted by Gasteiger charge is -2.13. The highest BCUT2D eigenvalue weighted by Crippen LogP contribution is 2.35. The first-order valence-electron chi connectivity index (χ1n) is 16.2. The van der Waals surface area contributed by atoms with Crippen LogP contribution < -0.4 is 0 Å². The van der Waals surface area contributed by atoms with Crippen molar-refractivity contribution in [3.8, 4) is 78.7 Å². The molecule has 0 spiro atoms. The van der Waals surface area contributed by atoms with E-state index >= 15 is 0 Å². The maximum Gasteiger partial charge on any atom is 0.160 e. The van der Waals surface area contributed by atoms with E-state index in [0.29, 0.717) is 5.82 Å². The van der Waals surface area contributed by atoms with Gasteiger partial charge in [0.1, 0.15) is 0 Å². The Balaban J connectivity index is 1.27. The number of aromatic nitrogens is 5. The molecule has 8 aromatic rings. The van der Waals surface area contributed by atoms with Crippen molar-refractivity contribution in [2.24, 2.45) is 0 Å². The van der Waals surface area contributed by atoms with Crippen molar-refractivity contribution >= 4 is 0 Å². The van der Waals surface area contributed by atoms with Crippen molar-refractivity contribution in [2.45, 2.75) is 6.92 Å². The summed E-state index contributed by atoms with van der Waals surface area (Å²) in [5, 5.41) is 0. The maximum absolute atomic E-state index is 5.15. The van der Waals surface area contributed by atoms with E-state index in [1.165, 1.54) is 0 Å². The predicted molar refractivity (Wildman–Crippen MR) is 198 cm³/mol. The highest BCUT2D eigenvalue weighted by molar-refractivity contribution is 5.82. The number of hydrogen-bond donors (Lipinski definition) is 0. The van der Waals surface area contributed by atoms with Crippen LogP contribution in [0.2, 0.25) is 0 Å². The monoisotopic (exact) mass is 629 g/mol.